The van der Waals surface area contributed by atoms with Crippen molar-refractivity contribution in [3.63, 3.8) is 0 Å². The summed E-state index contributed by atoms with van der Waals surface area (Å²) in [7, 11) is 1.88. The van der Waals surface area contributed by atoms with E-state index in [0.29, 0.717) is 5.75 Å². The highest BCUT2D eigenvalue weighted by Crippen LogP contribution is 2.35. The fourth-order valence-corrected chi connectivity index (χ4v) is 2.82. The molecule has 0 saturated carbocycles. The number of ether oxygens (including phenoxy) is 1. The first kappa shape index (κ1) is 15.2. The predicted octanol–water partition coefficient (Wildman–Crippen LogP) is 4.97. The number of hydrogen-bond donors (Lipinski definition) is 1. The van der Waals surface area contributed by atoms with Gasteiger partial charge in [0.2, 0.25) is 0 Å². The van der Waals surface area contributed by atoms with Crippen LogP contribution in [0.1, 0.15) is 0 Å². The maximum atomic E-state index is 14.0. The summed E-state index contributed by atoms with van der Waals surface area (Å²) in [6.45, 7) is 0. The van der Waals surface area contributed by atoms with E-state index in [9.17, 15) is 4.39 Å². The van der Waals surface area contributed by atoms with Gasteiger partial charge < -0.3 is 10.1 Å². The Morgan fingerprint density at radius 1 is 1.00 bits per heavy atom. The molecule has 0 aliphatic carbocycles. The molecule has 4 rings (SSSR count). The van der Waals surface area contributed by atoms with Gasteiger partial charge in [-0.1, -0.05) is 24.3 Å². The summed E-state index contributed by atoms with van der Waals surface area (Å²) in [4.78, 5) is 0. The SMILES string of the molecule is CNc1cccc(-c2ccn3nccc(Oc4ccccc4F)c23)c1. The molecule has 0 atom stereocenters. The highest BCUT2D eigenvalue weighted by Gasteiger charge is 2.14. The maximum absolute atomic E-state index is 14.0. The molecule has 0 saturated heterocycles. The van der Waals surface area contributed by atoms with Crippen LogP contribution in [0, 0.1) is 5.82 Å². The van der Waals surface area contributed by atoms with Crippen molar-refractivity contribution >= 4 is 11.2 Å². The molecule has 0 unspecified atom stereocenters. The average Bonchev–Trinajstić information content (AvgIpc) is 3.09. The molecule has 0 aliphatic heterocycles. The van der Waals surface area contributed by atoms with Gasteiger partial charge >= 0.3 is 0 Å². The minimum Gasteiger partial charge on any atom is -0.452 e. The van der Waals surface area contributed by atoms with Gasteiger partial charge in [0, 0.05) is 30.6 Å². The third-order valence-corrected chi connectivity index (χ3v) is 4.04. The molecule has 2 aromatic carbocycles. The topological polar surface area (TPSA) is 38.6 Å². The van der Waals surface area contributed by atoms with E-state index in [-0.39, 0.29) is 5.75 Å². The van der Waals surface area contributed by atoms with Crippen LogP contribution in [-0.2, 0) is 0 Å². The maximum Gasteiger partial charge on any atom is 0.165 e. The first-order valence-electron chi connectivity index (χ1n) is 7.93. The van der Waals surface area contributed by atoms with Gasteiger partial charge in [0.05, 0.1) is 6.20 Å². The molecule has 0 amide bonds. The molecule has 0 bridgehead atoms. The number of nitrogens with one attached hydrogen (secondary N) is 1. The van der Waals surface area contributed by atoms with Gasteiger partial charge in [-0.2, -0.15) is 5.10 Å². The molecule has 4 aromatic rings. The van der Waals surface area contributed by atoms with Crippen molar-refractivity contribution in [3.8, 4) is 22.6 Å². The Morgan fingerprint density at radius 2 is 1.88 bits per heavy atom. The zero-order valence-corrected chi connectivity index (χ0v) is 13.6. The van der Waals surface area contributed by atoms with Crippen molar-refractivity contribution < 1.29 is 9.13 Å². The highest BCUT2D eigenvalue weighted by atomic mass is 19.1. The van der Waals surface area contributed by atoms with E-state index in [2.05, 4.69) is 16.5 Å². The lowest BCUT2D eigenvalue weighted by molar-refractivity contribution is 0.444. The number of halogens is 1. The van der Waals surface area contributed by atoms with E-state index in [1.807, 2.05) is 37.5 Å². The summed E-state index contributed by atoms with van der Waals surface area (Å²) in [5.74, 6) is 0.337. The van der Waals surface area contributed by atoms with E-state index in [1.165, 1.54) is 6.07 Å². The standard InChI is InChI=1S/C20H16FN3O/c1-22-15-6-4-5-14(13-15)16-10-12-24-20(16)19(9-11-23-24)25-18-8-3-2-7-17(18)21/h2-13,22H,1H3. The van der Waals surface area contributed by atoms with E-state index in [4.69, 9.17) is 4.74 Å². The van der Waals surface area contributed by atoms with Crippen LogP contribution >= 0.6 is 0 Å². The minimum atomic E-state index is -0.400. The molecule has 0 fully saturated rings. The molecule has 0 spiro atoms. The van der Waals surface area contributed by atoms with Crippen molar-refractivity contribution in [1.82, 2.24) is 9.61 Å². The van der Waals surface area contributed by atoms with Crippen LogP contribution < -0.4 is 10.1 Å². The van der Waals surface area contributed by atoms with Gasteiger partial charge in [0.1, 0.15) is 5.52 Å². The number of rotatable bonds is 4. The van der Waals surface area contributed by atoms with Gasteiger partial charge in [-0.15, -0.1) is 0 Å². The third kappa shape index (κ3) is 2.80. The van der Waals surface area contributed by atoms with E-state index < -0.39 is 5.82 Å². The quantitative estimate of drug-likeness (QED) is 0.573. The Hall–Kier alpha value is -3.34. The number of anilines is 1. The molecule has 25 heavy (non-hydrogen) atoms. The zero-order chi connectivity index (χ0) is 17.2. The zero-order valence-electron chi connectivity index (χ0n) is 13.6. The Balaban J connectivity index is 1.86. The normalized spacial score (nSPS) is 10.8. The van der Waals surface area contributed by atoms with Crippen LogP contribution in [0.15, 0.2) is 73.1 Å². The van der Waals surface area contributed by atoms with Gasteiger partial charge in [0.15, 0.2) is 17.3 Å². The van der Waals surface area contributed by atoms with E-state index in [0.717, 1.165) is 22.3 Å². The molecule has 1 N–H and O–H groups in total. The molecule has 5 heteroatoms. The Kier molecular flexibility index (Phi) is 3.82. The Morgan fingerprint density at radius 3 is 2.72 bits per heavy atom. The number of benzene rings is 2. The van der Waals surface area contributed by atoms with Crippen LogP contribution in [0.3, 0.4) is 0 Å². The molecular formula is C20H16FN3O. The molecule has 4 nitrogen and oxygen atoms in total. The monoisotopic (exact) mass is 333 g/mol. The largest absolute Gasteiger partial charge is 0.452 e. The number of para-hydroxylation sites is 1. The van der Waals surface area contributed by atoms with Crippen LogP contribution in [0.25, 0.3) is 16.6 Å². The van der Waals surface area contributed by atoms with Crippen molar-refractivity contribution in [2.75, 3.05) is 12.4 Å². The first-order chi connectivity index (χ1) is 12.3. The Bertz CT molecular complexity index is 1040. The smallest absolute Gasteiger partial charge is 0.165 e. The lowest BCUT2D eigenvalue weighted by Gasteiger charge is -2.10. The summed E-state index contributed by atoms with van der Waals surface area (Å²) < 4.78 is 21.5. The fourth-order valence-electron chi connectivity index (χ4n) is 2.82. The molecule has 2 heterocycles. The van der Waals surface area contributed by atoms with Crippen LogP contribution in [0.2, 0.25) is 0 Å². The number of fused-ring (bicyclic) bond motifs is 1. The molecule has 0 aliphatic rings. The third-order valence-electron chi connectivity index (χ3n) is 4.04. The summed E-state index contributed by atoms with van der Waals surface area (Å²) in [6, 6.07) is 18.1. The van der Waals surface area contributed by atoms with Crippen molar-refractivity contribution in [2.45, 2.75) is 0 Å². The molecular weight excluding hydrogens is 317 g/mol. The van der Waals surface area contributed by atoms with Crippen molar-refractivity contribution in [2.24, 2.45) is 0 Å². The average molecular weight is 333 g/mol. The van der Waals surface area contributed by atoms with Crippen LogP contribution in [-0.4, -0.2) is 16.7 Å². The molecule has 124 valence electrons. The van der Waals surface area contributed by atoms with Gasteiger partial charge in [-0.05, 0) is 35.9 Å². The summed E-state index contributed by atoms with van der Waals surface area (Å²) in [5.41, 5.74) is 3.80. The summed E-state index contributed by atoms with van der Waals surface area (Å²) in [5, 5.41) is 7.46. The van der Waals surface area contributed by atoms with Gasteiger partial charge in [-0.3, -0.25) is 0 Å². The highest BCUT2D eigenvalue weighted by molar-refractivity contribution is 5.86. The fraction of sp³-hybridized carbons (Fsp3) is 0.0500. The second kappa shape index (κ2) is 6.28. The lowest BCUT2D eigenvalue weighted by atomic mass is 10.1. The molecule has 2 aromatic heterocycles. The molecule has 0 radical (unpaired) electrons. The van der Waals surface area contributed by atoms with E-state index >= 15 is 0 Å². The van der Waals surface area contributed by atoms with Crippen LogP contribution in [0.5, 0.6) is 11.5 Å². The van der Waals surface area contributed by atoms with Gasteiger partial charge in [-0.25, -0.2) is 8.91 Å². The number of nitrogens with zero attached hydrogens (tertiary/aromatic N) is 2. The predicted molar refractivity (Wildman–Crippen MR) is 96.6 cm³/mol. The van der Waals surface area contributed by atoms with E-state index in [1.54, 1.807) is 35.0 Å². The lowest BCUT2D eigenvalue weighted by Crippen LogP contribution is -1.95. The van der Waals surface area contributed by atoms with Crippen molar-refractivity contribution in [1.29, 1.82) is 0 Å². The minimum absolute atomic E-state index is 0.187. The van der Waals surface area contributed by atoms with Gasteiger partial charge in [0.25, 0.3) is 0 Å². The Labute approximate surface area is 144 Å². The first-order valence-corrected chi connectivity index (χ1v) is 7.93. The van der Waals surface area contributed by atoms with Crippen LogP contribution in [0.4, 0.5) is 10.1 Å². The number of aromatic nitrogens is 2. The van der Waals surface area contributed by atoms with Crippen molar-refractivity contribution in [3.05, 3.63) is 78.9 Å². The second-order valence-corrected chi connectivity index (χ2v) is 5.58. The number of hydrogen-bond acceptors (Lipinski definition) is 3. The summed E-state index contributed by atoms with van der Waals surface area (Å²) in [6.07, 6.45) is 3.50. The second-order valence-electron chi connectivity index (χ2n) is 5.58. The summed E-state index contributed by atoms with van der Waals surface area (Å²) >= 11 is 0.